The summed E-state index contributed by atoms with van der Waals surface area (Å²) in [6.45, 7) is 1.70. The van der Waals surface area contributed by atoms with Gasteiger partial charge in [0.1, 0.15) is 6.33 Å². The highest BCUT2D eigenvalue weighted by Gasteiger charge is 2.16. The van der Waals surface area contributed by atoms with Crippen LogP contribution in [0.25, 0.3) is 0 Å². The summed E-state index contributed by atoms with van der Waals surface area (Å²) >= 11 is 0. The van der Waals surface area contributed by atoms with Gasteiger partial charge in [0, 0.05) is 20.0 Å². The van der Waals surface area contributed by atoms with E-state index in [1.165, 1.54) is 6.42 Å². The molecular weight excluding hydrogens is 178 g/mol. The Labute approximate surface area is 83.3 Å². The molecule has 1 aromatic rings. The molecule has 0 aliphatic carbocycles. The molecule has 0 saturated carbocycles. The zero-order valence-electron chi connectivity index (χ0n) is 8.40. The molecule has 0 bridgehead atoms. The summed E-state index contributed by atoms with van der Waals surface area (Å²) in [4.78, 5) is 2.08. The molecule has 1 aliphatic heterocycles. The van der Waals surface area contributed by atoms with Crippen LogP contribution in [0.5, 0.6) is 0 Å². The highest BCUT2D eigenvalue weighted by atomic mass is 15.3. The highest BCUT2D eigenvalue weighted by molar-refractivity contribution is 5.79. The van der Waals surface area contributed by atoms with E-state index in [1.807, 2.05) is 11.6 Å². The molecule has 1 saturated heterocycles. The van der Waals surface area contributed by atoms with Gasteiger partial charge in [-0.25, -0.2) is 0 Å². The molecule has 76 valence electrons. The topological polar surface area (TPSA) is 57.8 Å². The largest absolute Gasteiger partial charge is 0.353 e. The Morgan fingerprint density at radius 2 is 2.36 bits per heavy atom. The van der Waals surface area contributed by atoms with Crippen molar-refractivity contribution in [1.29, 1.82) is 5.41 Å². The monoisotopic (exact) mass is 193 g/mol. The van der Waals surface area contributed by atoms with Gasteiger partial charge in [0.2, 0.25) is 0 Å². The quantitative estimate of drug-likeness (QED) is 0.755. The number of amidine groups is 1. The van der Waals surface area contributed by atoms with E-state index in [0.717, 1.165) is 37.6 Å². The Hall–Kier alpha value is -1.39. The van der Waals surface area contributed by atoms with Crippen molar-refractivity contribution in [3.05, 3.63) is 12.2 Å². The second-order valence-corrected chi connectivity index (χ2v) is 3.68. The summed E-state index contributed by atoms with van der Waals surface area (Å²) in [6.07, 6.45) is 4.93. The number of nitrogens with zero attached hydrogens (tertiary/aromatic N) is 4. The van der Waals surface area contributed by atoms with Gasteiger partial charge in [0.15, 0.2) is 5.82 Å². The number of likely N-dealkylation sites (tertiary alicyclic amines) is 1. The Morgan fingerprint density at radius 3 is 3.00 bits per heavy atom. The van der Waals surface area contributed by atoms with Crippen LogP contribution in [-0.2, 0) is 13.6 Å². The predicted octanol–water partition coefficient (Wildman–Crippen LogP) is 0.778. The van der Waals surface area contributed by atoms with Crippen molar-refractivity contribution in [1.82, 2.24) is 19.7 Å². The Kier molecular flexibility index (Phi) is 2.47. The van der Waals surface area contributed by atoms with Crippen molar-refractivity contribution in [3.63, 3.8) is 0 Å². The molecule has 5 heteroatoms. The average molecular weight is 193 g/mol. The molecule has 0 unspecified atom stereocenters. The fraction of sp³-hybridized carbons (Fsp3) is 0.667. The maximum absolute atomic E-state index is 7.79. The van der Waals surface area contributed by atoms with Crippen molar-refractivity contribution in [2.45, 2.75) is 25.8 Å². The van der Waals surface area contributed by atoms with E-state index in [9.17, 15) is 0 Å². The van der Waals surface area contributed by atoms with Crippen LogP contribution in [0.2, 0.25) is 0 Å². The molecule has 2 heterocycles. The number of hydrogen-bond donors (Lipinski definition) is 1. The molecular formula is C9H15N5. The highest BCUT2D eigenvalue weighted by Crippen LogP contribution is 2.12. The van der Waals surface area contributed by atoms with Crippen molar-refractivity contribution in [2.75, 3.05) is 6.54 Å². The van der Waals surface area contributed by atoms with Gasteiger partial charge in [-0.2, -0.15) is 0 Å². The van der Waals surface area contributed by atoms with Crippen molar-refractivity contribution >= 4 is 5.84 Å². The Morgan fingerprint density at radius 1 is 1.50 bits per heavy atom. The molecule has 14 heavy (non-hydrogen) atoms. The van der Waals surface area contributed by atoms with Crippen LogP contribution in [0.15, 0.2) is 6.33 Å². The fourth-order valence-corrected chi connectivity index (χ4v) is 1.68. The summed E-state index contributed by atoms with van der Waals surface area (Å²) in [7, 11) is 1.93. The second kappa shape index (κ2) is 3.77. The number of piperidine rings is 1. The lowest BCUT2D eigenvalue weighted by atomic mass is 10.1. The van der Waals surface area contributed by atoms with Gasteiger partial charge in [0.25, 0.3) is 0 Å². The summed E-state index contributed by atoms with van der Waals surface area (Å²) in [6, 6.07) is 0. The summed E-state index contributed by atoms with van der Waals surface area (Å²) in [5.74, 6) is 1.66. The van der Waals surface area contributed by atoms with E-state index in [4.69, 9.17) is 5.41 Å². The molecule has 1 aliphatic rings. The second-order valence-electron chi connectivity index (χ2n) is 3.68. The molecule has 5 nitrogen and oxygen atoms in total. The lowest BCUT2D eigenvalue weighted by Crippen LogP contribution is -2.34. The van der Waals surface area contributed by atoms with Crippen LogP contribution in [0.4, 0.5) is 0 Å². The molecule has 0 aromatic carbocycles. The minimum absolute atomic E-state index is 0.718. The third-order valence-corrected chi connectivity index (χ3v) is 2.61. The Balaban J connectivity index is 2.03. The smallest absolute Gasteiger partial charge is 0.152 e. The zero-order chi connectivity index (χ0) is 9.97. The first-order valence-corrected chi connectivity index (χ1v) is 4.92. The van der Waals surface area contributed by atoms with Crippen molar-refractivity contribution in [2.24, 2.45) is 7.05 Å². The molecule has 1 fully saturated rings. The van der Waals surface area contributed by atoms with E-state index in [1.54, 1.807) is 6.33 Å². The van der Waals surface area contributed by atoms with Gasteiger partial charge >= 0.3 is 0 Å². The van der Waals surface area contributed by atoms with E-state index < -0.39 is 0 Å². The van der Waals surface area contributed by atoms with Gasteiger partial charge in [-0.3, -0.25) is 5.41 Å². The number of aromatic nitrogens is 3. The lowest BCUT2D eigenvalue weighted by molar-refractivity contribution is 0.349. The number of hydrogen-bond acceptors (Lipinski definition) is 3. The van der Waals surface area contributed by atoms with Gasteiger partial charge < -0.3 is 9.47 Å². The van der Waals surface area contributed by atoms with Gasteiger partial charge in [-0.1, -0.05) is 0 Å². The minimum atomic E-state index is 0.718. The summed E-state index contributed by atoms with van der Waals surface area (Å²) < 4.78 is 1.90. The zero-order valence-corrected chi connectivity index (χ0v) is 8.40. The molecule has 0 radical (unpaired) electrons. The van der Waals surface area contributed by atoms with Crippen LogP contribution >= 0.6 is 0 Å². The van der Waals surface area contributed by atoms with Crippen LogP contribution < -0.4 is 0 Å². The first kappa shape index (κ1) is 9.18. The third kappa shape index (κ3) is 1.76. The normalized spacial score (nSPS) is 17.5. The molecule has 0 amide bonds. The maximum atomic E-state index is 7.79. The Bertz CT molecular complexity index is 330. The number of aryl methyl sites for hydroxylation is 1. The van der Waals surface area contributed by atoms with Crippen LogP contribution in [0.1, 0.15) is 25.1 Å². The maximum Gasteiger partial charge on any atom is 0.152 e. The third-order valence-electron chi connectivity index (χ3n) is 2.61. The van der Waals surface area contributed by atoms with Gasteiger partial charge in [0.05, 0.1) is 12.4 Å². The lowest BCUT2D eigenvalue weighted by Gasteiger charge is -2.28. The first-order valence-electron chi connectivity index (χ1n) is 4.92. The summed E-state index contributed by atoms with van der Waals surface area (Å²) in [5.41, 5.74) is 0. The number of nitrogens with one attached hydrogen (secondary N) is 1. The number of rotatable bonds is 2. The molecule has 1 N–H and O–H groups in total. The van der Waals surface area contributed by atoms with Crippen LogP contribution in [-0.4, -0.2) is 32.0 Å². The van der Waals surface area contributed by atoms with Gasteiger partial charge in [-0.15, -0.1) is 10.2 Å². The van der Waals surface area contributed by atoms with Crippen molar-refractivity contribution in [3.8, 4) is 0 Å². The SMILES string of the molecule is Cn1cnnc1CN1CCCCC1=N. The first-order chi connectivity index (χ1) is 6.77. The van der Waals surface area contributed by atoms with E-state index >= 15 is 0 Å². The van der Waals surface area contributed by atoms with E-state index in [2.05, 4.69) is 15.1 Å². The average Bonchev–Trinajstić information content (AvgIpc) is 2.56. The standard InChI is InChI=1S/C9H15N5/c1-13-7-11-12-9(13)6-14-5-3-2-4-8(14)10/h7,10H,2-6H2,1H3. The molecule has 1 aromatic heterocycles. The van der Waals surface area contributed by atoms with Crippen LogP contribution in [0.3, 0.4) is 0 Å². The molecule has 2 rings (SSSR count). The summed E-state index contributed by atoms with van der Waals surface area (Å²) in [5, 5.41) is 15.6. The fourth-order valence-electron chi connectivity index (χ4n) is 1.68. The van der Waals surface area contributed by atoms with Crippen LogP contribution in [0, 0.1) is 5.41 Å². The predicted molar refractivity (Wildman–Crippen MR) is 53.0 cm³/mol. The molecule has 0 spiro atoms. The van der Waals surface area contributed by atoms with E-state index in [-0.39, 0.29) is 0 Å². The van der Waals surface area contributed by atoms with E-state index in [0.29, 0.717) is 0 Å². The van der Waals surface area contributed by atoms with Gasteiger partial charge in [-0.05, 0) is 12.8 Å². The molecule has 0 atom stereocenters. The van der Waals surface area contributed by atoms with Crippen molar-refractivity contribution < 1.29 is 0 Å². The minimum Gasteiger partial charge on any atom is -0.353 e.